The normalized spacial score (nSPS) is 10.5. The van der Waals surface area contributed by atoms with Crippen LogP contribution in [0, 0.1) is 0 Å². The summed E-state index contributed by atoms with van der Waals surface area (Å²) in [6, 6.07) is 15.3. The van der Waals surface area contributed by atoms with Crippen molar-refractivity contribution in [2.24, 2.45) is 0 Å². The van der Waals surface area contributed by atoms with Crippen LogP contribution in [0.4, 0.5) is 5.69 Å². The Bertz CT molecular complexity index is 932. The summed E-state index contributed by atoms with van der Waals surface area (Å²) in [5.41, 5.74) is 6.54. The van der Waals surface area contributed by atoms with Gasteiger partial charge in [-0.2, -0.15) is 5.10 Å². The van der Waals surface area contributed by atoms with Gasteiger partial charge in [-0.05, 0) is 18.2 Å². The van der Waals surface area contributed by atoms with E-state index < -0.39 is 17.6 Å². The zero-order valence-electron chi connectivity index (χ0n) is 12.4. The Balaban J connectivity index is 2.39. The number of hydrogen-bond donors (Lipinski definition) is 3. The lowest BCUT2D eigenvalue weighted by molar-refractivity contribution is 0.0648. The van der Waals surface area contributed by atoms with Gasteiger partial charge in [-0.1, -0.05) is 36.4 Å². The lowest BCUT2D eigenvalue weighted by Crippen LogP contribution is -2.07. The molecule has 0 saturated carbocycles. The number of rotatable bonds is 4. The molecule has 3 rings (SSSR count). The highest BCUT2D eigenvalue weighted by Gasteiger charge is 2.29. The van der Waals surface area contributed by atoms with Gasteiger partial charge < -0.3 is 15.9 Å². The number of aromatic nitrogens is 2. The number of benzene rings is 2. The zero-order chi connectivity index (χ0) is 17.3. The van der Waals surface area contributed by atoms with Crippen LogP contribution in [-0.2, 0) is 0 Å². The summed E-state index contributed by atoms with van der Waals surface area (Å²) in [6.45, 7) is 0. The van der Waals surface area contributed by atoms with E-state index in [4.69, 9.17) is 5.73 Å². The molecule has 0 spiro atoms. The molecule has 0 atom stereocenters. The van der Waals surface area contributed by atoms with Gasteiger partial charge in [0, 0.05) is 11.3 Å². The third-order valence-corrected chi connectivity index (χ3v) is 3.46. The average Bonchev–Trinajstić information content (AvgIpc) is 2.96. The van der Waals surface area contributed by atoms with Gasteiger partial charge in [0.2, 0.25) is 0 Å². The van der Waals surface area contributed by atoms with E-state index in [1.807, 2.05) is 0 Å². The molecule has 0 unspecified atom stereocenters. The number of nitrogens with zero attached hydrogens (tertiary/aromatic N) is 2. The van der Waals surface area contributed by atoms with Gasteiger partial charge in [-0.3, -0.25) is 0 Å². The maximum Gasteiger partial charge on any atom is 0.357 e. The Hall–Kier alpha value is -3.61. The molecular weight excluding hydrogens is 310 g/mol. The monoisotopic (exact) mass is 323 g/mol. The van der Waals surface area contributed by atoms with E-state index in [0.717, 1.165) is 0 Å². The number of carbonyl (C=O) groups is 2. The number of nitrogens with two attached hydrogens (primary N) is 1. The summed E-state index contributed by atoms with van der Waals surface area (Å²) in [7, 11) is 0. The van der Waals surface area contributed by atoms with E-state index in [2.05, 4.69) is 5.10 Å². The van der Waals surface area contributed by atoms with Crippen LogP contribution in [0.2, 0.25) is 0 Å². The Morgan fingerprint density at radius 2 is 1.67 bits per heavy atom. The topological polar surface area (TPSA) is 118 Å². The summed E-state index contributed by atoms with van der Waals surface area (Å²) < 4.78 is 1.29. The molecule has 0 aliphatic carbocycles. The molecule has 2 aromatic carbocycles. The SMILES string of the molecule is Nc1cccc(-n2nc(C(=O)O)c(C(=O)O)c2-c2ccccc2)c1. The first kappa shape index (κ1) is 15.3. The quantitative estimate of drug-likeness (QED) is 0.635. The van der Waals surface area contributed by atoms with Crippen LogP contribution < -0.4 is 5.73 Å². The molecule has 0 aliphatic heterocycles. The predicted molar refractivity (Wildman–Crippen MR) is 87.3 cm³/mol. The standard InChI is InChI=1S/C17H13N3O4/c18-11-7-4-8-12(9-11)20-15(10-5-2-1-3-6-10)13(16(21)22)14(19-20)17(23)24/h1-9H,18H2,(H,21,22)(H,23,24). The number of aromatic carboxylic acids is 2. The van der Waals surface area contributed by atoms with Crippen LogP contribution in [0.3, 0.4) is 0 Å². The van der Waals surface area contributed by atoms with Gasteiger partial charge >= 0.3 is 11.9 Å². The van der Waals surface area contributed by atoms with Crippen molar-refractivity contribution in [2.75, 3.05) is 5.73 Å². The Morgan fingerprint density at radius 3 is 2.25 bits per heavy atom. The molecule has 7 nitrogen and oxygen atoms in total. The average molecular weight is 323 g/mol. The second-order valence-electron chi connectivity index (χ2n) is 5.06. The van der Waals surface area contributed by atoms with E-state index >= 15 is 0 Å². The van der Waals surface area contributed by atoms with E-state index in [1.165, 1.54) is 4.68 Å². The number of anilines is 1. The summed E-state index contributed by atoms with van der Waals surface area (Å²) in [5.74, 6) is -2.77. The molecule has 0 amide bonds. The van der Waals surface area contributed by atoms with Crippen LogP contribution in [-0.4, -0.2) is 31.9 Å². The second kappa shape index (κ2) is 5.88. The number of carboxylic acids is 2. The van der Waals surface area contributed by atoms with E-state index in [-0.39, 0.29) is 11.3 Å². The minimum Gasteiger partial charge on any atom is -0.478 e. The molecule has 1 aromatic heterocycles. The summed E-state index contributed by atoms with van der Waals surface area (Å²) in [4.78, 5) is 23.1. The zero-order valence-corrected chi connectivity index (χ0v) is 12.4. The van der Waals surface area contributed by atoms with Crippen molar-refractivity contribution in [1.82, 2.24) is 9.78 Å². The van der Waals surface area contributed by atoms with E-state index in [9.17, 15) is 19.8 Å². The van der Waals surface area contributed by atoms with Gasteiger partial charge in [-0.15, -0.1) is 0 Å². The number of nitrogen functional groups attached to an aromatic ring is 1. The van der Waals surface area contributed by atoms with Gasteiger partial charge in [0.1, 0.15) is 5.56 Å². The molecular formula is C17H13N3O4. The second-order valence-corrected chi connectivity index (χ2v) is 5.06. The summed E-state index contributed by atoms with van der Waals surface area (Å²) >= 11 is 0. The summed E-state index contributed by atoms with van der Waals surface area (Å²) in [5, 5.41) is 22.9. The Morgan fingerprint density at radius 1 is 0.958 bits per heavy atom. The Labute approximate surface area is 136 Å². The van der Waals surface area contributed by atoms with E-state index in [1.54, 1.807) is 54.6 Å². The number of carboxylic acid groups (broad SMARTS) is 2. The van der Waals surface area contributed by atoms with Gasteiger partial charge in [-0.25, -0.2) is 14.3 Å². The van der Waals surface area contributed by atoms with Gasteiger partial charge in [0.25, 0.3) is 0 Å². The first-order chi connectivity index (χ1) is 11.5. The minimum atomic E-state index is -1.41. The largest absolute Gasteiger partial charge is 0.478 e. The highest BCUT2D eigenvalue weighted by Crippen LogP contribution is 2.30. The fourth-order valence-corrected chi connectivity index (χ4v) is 2.48. The molecule has 1 heterocycles. The highest BCUT2D eigenvalue weighted by atomic mass is 16.4. The molecule has 3 aromatic rings. The van der Waals surface area contributed by atoms with Gasteiger partial charge in [0.05, 0.1) is 11.4 Å². The third-order valence-electron chi connectivity index (χ3n) is 3.46. The maximum absolute atomic E-state index is 11.7. The molecule has 7 heteroatoms. The van der Waals surface area contributed by atoms with Crippen molar-refractivity contribution in [3.8, 4) is 16.9 Å². The molecule has 0 bridgehead atoms. The number of hydrogen-bond acceptors (Lipinski definition) is 4. The molecule has 0 saturated heterocycles. The van der Waals surface area contributed by atoms with Crippen molar-refractivity contribution in [3.05, 3.63) is 65.9 Å². The van der Waals surface area contributed by atoms with Crippen LogP contribution in [0.15, 0.2) is 54.6 Å². The maximum atomic E-state index is 11.7. The Kier molecular flexibility index (Phi) is 3.75. The lowest BCUT2D eigenvalue weighted by atomic mass is 10.1. The molecule has 24 heavy (non-hydrogen) atoms. The summed E-state index contributed by atoms with van der Waals surface area (Å²) in [6.07, 6.45) is 0. The fraction of sp³-hybridized carbons (Fsp3) is 0. The smallest absolute Gasteiger partial charge is 0.357 e. The molecule has 0 aliphatic rings. The van der Waals surface area contributed by atoms with Crippen LogP contribution in [0.1, 0.15) is 20.8 Å². The molecule has 4 N–H and O–H groups in total. The van der Waals surface area contributed by atoms with Crippen molar-refractivity contribution in [1.29, 1.82) is 0 Å². The molecule has 0 fully saturated rings. The van der Waals surface area contributed by atoms with Crippen LogP contribution >= 0.6 is 0 Å². The minimum absolute atomic E-state index is 0.186. The van der Waals surface area contributed by atoms with Crippen molar-refractivity contribution < 1.29 is 19.8 Å². The highest BCUT2D eigenvalue weighted by molar-refractivity contribution is 6.05. The van der Waals surface area contributed by atoms with Crippen LogP contribution in [0.5, 0.6) is 0 Å². The first-order valence-corrected chi connectivity index (χ1v) is 7.00. The van der Waals surface area contributed by atoms with Crippen LogP contribution in [0.25, 0.3) is 16.9 Å². The van der Waals surface area contributed by atoms with Crippen molar-refractivity contribution in [2.45, 2.75) is 0 Å². The van der Waals surface area contributed by atoms with Gasteiger partial charge in [0.15, 0.2) is 5.69 Å². The lowest BCUT2D eigenvalue weighted by Gasteiger charge is -2.09. The van der Waals surface area contributed by atoms with Crippen molar-refractivity contribution in [3.63, 3.8) is 0 Å². The predicted octanol–water partition coefficient (Wildman–Crippen LogP) is 2.52. The molecule has 120 valence electrons. The van der Waals surface area contributed by atoms with E-state index in [0.29, 0.717) is 16.9 Å². The third kappa shape index (κ3) is 2.58. The fourth-order valence-electron chi connectivity index (χ4n) is 2.48. The van der Waals surface area contributed by atoms with Crippen molar-refractivity contribution >= 4 is 17.6 Å². The molecule has 0 radical (unpaired) electrons. The first-order valence-electron chi connectivity index (χ1n) is 7.00.